The molecular formula is C26H26ClN3O2. The highest BCUT2D eigenvalue weighted by Gasteiger charge is 2.30. The third kappa shape index (κ3) is 5.23. The molecule has 0 bridgehead atoms. The van der Waals surface area contributed by atoms with E-state index in [0.29, 0.717) is 16.3 Å². The molecule has 0 aliphatic carbocycles. The molecule has 0 radical (unpaired) electrons. The van der Waals surface area contributed by atoms with E-state index in [9.17, 15) is 5.26 Å². The fourth-order valence-corrected chi connectivity index (χ4v) is 4.32. The summed E-state index contributed by atoms with van der Waals surface area (Å²) in [5.41, 5.74) is 3.91. The fourth-order valence-electron chi connectivity index (χ4n) is 4.19. The van der Waals surface area contributed by atoms with Crippen LogP contribution in [0, 0.1) is 11.3 Å². The maximum absolute atomic E-state index is 9.83. The minimum Gasteiger partial charge on any atom is -0.491 e. The van der Waals surface area contributed by atoms with Gasteiger partial charge in [0.05, 0.1) is 23.9 Å². The molecule has 5 nitrogen and oxygen atoms in total. The molecule has 0 spiro atoms. The molecule has 32 heavy (non-hydrogen) atoms. The predicted octanol–water partition coefficient (Wildman–Crippen LogP) is 4.65. The second-order valence-corrected chi connectivity index (χ2v) is 8.28. The first-order chi connectivity index (χ1) is 15.7. The van der Waals surface area contributed by atoms with Crippen molar-refractivity contribution in [3.8, 4) is 11.8 Å². The smallest absolute Gasteiger partial charge is 0.120 e. The van der Waals surface area contributed by atoms with Crippen molar-refractivity contribution in [3.05, 3.63) is 94.5 Å². The molecule has 0 aromatic heterocycles. The first-order valence-corrected chi connectivity index (χ1v) is 11.1. The average Bonchev–Trinajstić information content (AvgIpc) is 2.84. The van der Waals surface area contributed by atoms with Gasteiger partial charge in [0.25, 0.3) is 0 Å². The van der Waals surface area contributed by atoms with Crippen LogP contribution in [0.25, 0.3) is 0 Å². The van der Waals surface area contributed by atoms with Crippen LogP contribution in [-0.2, 0) is 6.54 Å². The van der Waals surface area contributed by atoms with E-state index in [1.54, 1.807) is 6.07 Å². The standard InChI is InChI=1S/C26H26ClN3O2/c27-23-8-6-21(7-9-23)26-19-29(18-20-4-2-1-3-5-20)12-13-30(26)25-11-10-24(32-15-14-31)16-22(25)17-28/h1-11,16,26,31H,12-15,18-19H2/t26-/m0/s1. The number of aliphatic hydroxyl groups excluding tert-OH is 1. The molecule has 0 unspecified atom stereocenters. The molecule has 6 heteroatoms. The van der Waals surface area contributed by atoms with Crippen molar-refractivity contribution in [1.82, 2.24) is 4.90 Å². The van der Waals surface area contributed by atoms with Gasteiger partial charge < -0.3 is 14.7 Å². The molecule has 1 N–H and O–H groups in total. The van der Waals surface area contributed by atoms with Crippen LogP contribution in [-0.4, -0.2) is 42.9 Å². The number of hydrogen-bond donors (Lipinski definition) is 1. The van der Waals surface area contributed by atoms with E-state index in [2.05, 4.69) is 52.3 Å². The largest absolute Gasteiger partial charge is 0.491 e. The Morgan fingerprint density at radius 1 is 1.03 bits per heavy atom. The average molecular weight is 448 g/mol. The van der Waals surface area contributed by atoms with E-state index in [1.807, 2.05) is 30.3 Å². The number of anilines is 1. The molecule has 1 aliphatic heterocycles. The maximum Gasteiger partial charge on any atom is 0.120 e. The van der Waals surface area contributed by atoms with Gasteiger partial charge >= 0.3 is 0 Å². The lowest BCUT2D eigenvalue weighted by atomic mass is 9.99. The predicted molar refractivity (Wildman–Crippen MR) is 127 cm³/mol. The van der Waals surface area contributed by atoms with Gasteiger partial charge in [-0.15, -0.1) is 0 Å². The van der Waals surface area contributed by atoms with Crippen LogP contribution in [0.5, 0.6) is 5.75 Å². The Hall–Kier alpha value is -3.04. The number of piperazine rings is 1. The van der Waals surface area contributed by atoms with E-state index >= 15 is 0 Å². The zero-order valence-corrected chi connectivity index (χ0v) is 18.6. The lowest BCUT2D eigenvalue weighted by Crippen LogP contribution is -2.48. The monoisotopic (exact) mass is 447 g/mol. The summed E-state index contributed by atoms with van der Waals surface area (Å²) in [6, 6.07) is 26.4. The molecule has 3 aromatic carbocycles. The van der Waals surface area contributed by atoms with Gasteiger partial charge in [-0.25, -0.2) is 0 Å². The summed E-state index contributed by atoms with van der Waals surface area (Å²) in [6.07, 6.45) is 0. The second-order valence-electron chi connectivity index (χ2n) is 7.84. The van der Waals surface area contributed by atoms with Crippen LogP contribution in [0.3, 0.4) is 0 Å². The van der Waals surface area contributed by atoms with Gasteiger partial charge in [-0.2, -0.15) is 5.26 Å². The van der Waals surface area contributed by atoms with E-state index in [4.69, 9.17) is 21.4 Å². The molecule has 1 fully saturated rings. The van der Waals surface area contributed by atoms with Crippen molar-refractivity contribution in [2.75, 3.05) is 37.7 Å². The Balaban J connectivity index is 1.63. The molecule has 0 amide bonds. The number of nitrogens with zero attached hydrogens (tertiary/aromatic N) is 3. The van der Waals surface area contributed by atoms with Gasteiger partial charge in [-0.3, -0.25) is 4.90 Å². The zero-order valence-electron chi connectivity index (χ0n) is 17.8. The highest BCUT2D eigenvalue weighted by atomic mass is 35.5. The van der Waals surface area contributed by atoms with Crippen LogP contribution in [0.1, 0.15) is 22.7 Å². The number of ether oxygens (including phenoxy) is 1. The summed E-state index contributed by atoms with van der Waals surface area (Å²) in [4.78, 5) is 4.76. The molecule has 0 saturated carbocycles. The van der Waals surface area contributed by atoms with Crippen molar-refractivity contribution in [3.63, 3.8) is 0 Å². The Labute approximate surface area is 194 Å². The highest BCUT2D eigenvalue weighted by molar-refractivity contribution is 6.30. The second kappa shape index (κ2) is 10.5. The number of nitriles is 1. The van der Waals surface area contributed by atoms with Crippen molar-refractivity contribution in [2.24, 2.45) is 0 Å². The SMILES string of the molecule is N#Cc1cc(OCCO)ccc1N1CCN(Cc2ccccc2)C[C@H]1c1ccc(Cl)cc1. The minimum absolute atomic E-state index is 0.0638. The Kier molecular flexibility index (Phi) is 7.28. The molecule has 164 valence electrons. The van der Waals surface area contributed by atoms with Crippen molar-refractivity contribution in [1.29, 1.82) is 5.26 Å². The molecule has 1 aliphatic rings. The number of aliphatic hydroxyl groups is 1. The molecule has 3 aromatic rings. The third-order valence-corrected chi connectivity index (χ3v) is 5.98. The van der Waals surface area contributed by atoms with Crippen LogP contribution in [0.2, 0.25) is 5.02 Å². The fraction of sp³-hybridized carbons (Fsp3) is 0.269. The molecule has 1 heterocycles. The Morgan fingerprint density at radius 3 is 2.53 bits per heavy atom. The molecular weight excluding hydrogens is 422 g/mol. The van der Waals surface area contributed by atoms with E-state index < -0.39 is 0 Å². The van der Waals surface area contributed by atoms with E-state index in [1.165, 1.54) is 5.56 Å². The van der Waals surface area contributed by atoms with Crippen molar-refractivity contribution < 1.29 is 9.84 Å². The quantitative estimate of drug-likeness (QED) is 0.571. The Bertz CT molecular complexity index is 1070. The highest BCUT2D eigenvalue weighted by Crippen LogP contribution is 2.35. The van der Waals surface area contributed by atoms with Crippen molar-refractivity contribution in [2.45, 2.75) is 12.6 Å². The minimum atomic E-state index is -0.0638. The number of halogens is 1. The number of hydrogen-bond acceptors (Lipinski definition) is 5. The van der Waals surface area contributed by atoms with Crippen LogP contribution in [0.15, 0.2) is 72.8 Å². The topological polar surface area (TPSA) is 59.7 Å². The molecule has 1 atom stereocenters. The van der Waals surface area contributed by atoms with Gasteiger partial charge in [0, 0.05) is 31.2 Å². The molecule has 4 rings (SSSR count). The van der Waals surface area contributed by atoms with Gasteiger partial charge in [0.2, 0.25) is 0 Å². The van der Waals surface area contributed by atoms with Gasteiger partial charge in [0.15, 0.2) is 0 Å². The maximum atomic E-state index is 9.83. The Morgan fingerprint density at radius 2 is 1.81 bits per heavy atom. The van der Waals surface area contributed by atoms with E-state index in [0.717, 1.165) is 37.4 Å². The summed E-state index contributed by atoms with van der Waals surface area (Å²) < 4.78 is 5.51. The van der Waals surface area contributed by atoms with Gasteiger partial charge in [-0.1, -0.05) is 54.1 Å². The van der Waals surface area contributed by atoms with Crippen LogP contribution in [0.4, 0.5) is 5.69 Å². The molecule has 1 saturated heterocycles. The zero-order chi connectivity index (χ0) is 22.3. The normalized spacial score (nSPS) is 16.5. The van der Waals surface area contributed by atoms with Crippen molar-refractivity contribution >= 4 is 17.3 Å². The summed E-state index contributed by atoms with van der Waals surface area (Å²) in [6.45, 7) is 3.56. The third-order valence-electron chi connectivity index (χ3n) is 5.73. The number of benzene rings is 3. The summed E-state index contributed by atoms with van der Waals surface area (Å²) in [5.74, 6) is 0.588. The van der Waals surface area contributed by atoms with E-state index in [-0.39, 0.29) is 19.3 Å². The summed E-state index contributed by atoms with van der Waals surface area (Å²) in [5, 5.41) is 19.5. The first kappa shape index (κ1) is 22.2. The van der Waals surface area contributed by atoms with Gasteiger partial charge in [-0.05, 0) is 41.5 Å². The van der Waals surface area contributed by atoms with Gasteiger partial charge in [0.1, 0.15) is 18.4 Å². The first-order valence-electron chi connectivity index (χ1n) is 10.7. The summed E-state index contributed by atoms with van der Waals surface area (Å²) in [7, 11) is 0. The van der Waals surface area contributed by atoms with Crippen LogP contribution < -0.4 is 9.64 Å². The van der Waals surface area contributed by atoms with Crippen LogP contribution >= 0.6 is 11.6 Å². The summed E-state index contributed by atoms with van der Waals surface area (Å²) >= 11 is 6.15. The lowest BCUT2D eigenvalue weighted by molar-refractivity contribution is 0.201. The number of rotatable bonds is 7. The lowest BCUT2D eigenvalue weighted by Gasteiger charge is -2.43.